The van der Waals surface area contributed by atoms with Gasteiger partial charge in [-0.05, 0) is 5.57 Å². The first kappa shape index (κ1) is 22.0. The summed E-state index contributed by atoms with van der Waals surface area (Å²) in [6.45, 7) is 0. The molecule has 0 spiro atoms. The molecule has 1 unspecified atom stereocenters. The Labute approximate surface area is 176 Å². The second-order valence-corrected chi connectivity index (χ2v) is 10.1. The summed E-state index contributed by atoms with van der Waals surface area (Å²) in [5.74, 6) is -4.21. The number of amides is 2. The second-order valence-electron chi connectivity index (χ2n) is 6.13. The van der Waals surface area contributed by atoms with Gasteiger partial charge < -0.3 is 21.4 Å². The van der Waals surface area contributed by atoms with E-state index in [1.807, 2.05) is 0 Å². The van der Waals surface area contributed by atoms with E-state index in [0.717, 1.165) is 28.0 Å². The highest BCUT2D eigenvalue weighted by Gasteiger charge is 2.54. The van der Waals surface area contributed by atoms with Crippen molar-refractivity contribution in [1.29, 1.82) is 0 Å². The van der Waals surface area contributed by atoms with Crippen molar-refractivity contribution < 1.29 is 37.5 Å². The number of thioether (sulfide) groups is 1. The largest absolute Gasteiger partial charge is 0.477 e. The third-order valence-electron chi connectivity index (χ3n) is 4.18. The minimum Gasteiger partial charge on any atom is -0.477 e. The molecule has 1 saturated heterocycles. The van der Waals surface area contributed by atoms with Gasteiger partial charge in [-0.2, -0.15) is 0 Å². The van der Waals surface area contributed by atoms with Crippen LogP contribution in [0, 0.1) is 0 Å². The van der Waals surface area contributed by atoms with Gasteiger partial charge in [0.25, 0.3) is 11.8 Å². The summed E-state index contributed by atoms with van der Waals surface area (Å²) < 4.78 is 35.7. The molecule has 1 aromatic rings. The molecule has 2 aliphatic rings. The molecule has 2 aliphatic heterocycles. The number of alkyl halides is 1. The number of thiazole rings is 1. The number of nitrogens with one attached hydrogen (secondary N) is 1. The highest BCUT2D eigenvalue weighted by molar-refractivity contribution is 8.00. The van der Waals surface area contributed by atoms with E-state index >= 15 is 0 Å². The number of nitrogens with zero attached hydrogens (tertiary/aromatic N) is 3. The minimum absolute atomic E-state index is 0.0118. The monoisotopic (exact) mass is 479 g/mol. The zero-order valence-corrected chi connectivity index (χ0v) is 17.3. The van der Waals surface area contributed by atoms with Gasteiger partial charge in [-0.25, -0.2) is 22.6 Å². The number of aliphatic carboxylic acids is 1. The Balaban J connectivity index is 1.80. The van der Waals surface area contributed by atoms with E-state index in [9.17, 15) is 32.3 Å². The lowest BCUT2D eigenvalue weighted by atomic mass is 10.0. The Morgan fingerprint density at radius 3 is 2.70 bits per heavy atom. The topological polar surface area (TPSA) is 192 Å². The molecule has 0 saturated carbocycles. The molecule has 162 valence electrons. The number of rotatable bonds is 7. The van der Waals surface area contributed by atoms with Crippen molar-refractivity contribution >= 4 is 61.6 Å². The number of anilines is 1. The van der Waals surface area contributed by atoms with Crippen LogP contribution in [-0.2, 0) is 24.2 Å². The van der Waals surface area contributed by atoms with Crippen molar-refractivity contribution in [3.05, 3.63) is 22.3 Å². The van der Waals surface area contributed by atoms with Gasteiger partial charge >= 0.3 is 5.97 Å². The van der Waals surface area contributed by atoms with Gasteiger partial charge in [-0.3, -0.25) is 14.5 Å². The number of nitrogens with two attached hydrogens (primary N) is 1. The van der Waals surface area contributed by atoms with Crippen LogP contribution in [0.3, 0.4) is 0 Å². The van der Waals surface area contributed by atoms with E-state index in [4.69, 9.17) is 10.9 Å². The molecule has 30 heavy (non-hydrogen) atoms. The maximum Gasteiger partial charge on any atom is 0.352 e. The molecular formula is C14H14FN5O7S3. The van der Waals surface area contributed by atoms with Crippen molar-refractivity contribution in [2.24, 2.45) is 5.16 Å². The summed E-state index contributed by atoms with van der Waals surface area (Å²) in [7, 11) is -4.16. The number of carboxylic acid groups (broad SMARTS) is 1. The van der Waals surface area contributed by atoms with Crippen LogP contribution < -0.4 is 11.1 Å². The van der Waals surface area contributed by atoms with Crippen LogP contribution in [0.1, 0.15) is 5.69 Å². The smallest absolute Gasteiger partial charge is 0.352 e. The maximum atomic E-state index is 12.6. The van der Waals surface area contributed by atoms with Crippen LogP contribution in [0.15, 0.2) is 21.8 Å². The first-order valence-corrected chi connectivity index (χ1v) is 11.7. The van der Waals surface area contributed by atoms with Gasteiger partial charge in [0.1, 0.15) is 22.8 Å². The molecule has 2 amide bonds. The van der Waals surface area contributed by atoms with Crippen molar-refractivity contribution in [3.8, 4) is 0 Å². The zero-order chi connectivity index (χ0) is 22.2. The van der Waals surface area contributed by atoms with Gasteiger partial charge in [-0.15, -0.1) is 23.1 Å². The normalized spacial score (nSPS) is 21.8. The lowest BCUT2D eigenvalue weighted by Gasteiger charge is -2.49. The third-order valence-corrected chi connectivity index (χ3v) is 7.31. The number of carbonyl (C=O) groups is 3. The zero-order valence-electron chi connectivity index (χ0n) is 14.8. The first-order valence-electron chi connectivity index (χ1n) is 8.00. The molecule has 5 N–H and O–H groups in total. The van der Waals surface area contributed by atoms with Gasteiger partial charge in [-0.1, -0.05) is 5.16 Å². The Hall–Kier alpha value is -2.72. The summed E-state index contributed by atoms with van der Waals surface area (Å²) in [5.41, 5.74) is 4.32. The Morgan fingerprint density at radius 2 is 2.17 bits per heavy atom. The van der Waals surface area contributed by atoms with Crippen LogP contribution >= 0.6 is 23.1 Å². The lowest BCUT2D eigenvalue weighted by molar-refractivity contribution is -0.150. The van der Waals surface area contributed by atoms with Gasteiger partial charge in [0.05, 0.1) is 5.75 Å². The fourth-order valence-electron chi connectivity index (χ4n) is 2.92. The van der Waals surface area contributed by atoms with Crippen molar-refractivity contribution in [2.45, 2.75) is 11.4 Å². The Kier molecular flexibility index (Phi) is 6.00. The van der Waals surface area contributed by atoms with E-state index in [2.05, 4.69) is 15.5 Å². The average Bonchev–Trinajstić information content (AvgIpc) is 3.11. The maximum absolute atomic E-state index is 12.6. The molecule has 0 aliphatic carbocycles. The molecule has 3 rings (SSSR count). The number of fused-ring (bicyclic) bond motifs is 1. The number of hydrogen-bond acceptors (Lipinski definition) is 11. The van der Waals surface area contributed by atoms with Crippen molar-refractivity contribution in [2.75, 3.05) is 23.2 Å². The number of carbonyl (C=O) groups excluding carboxylic acids is 2. The number of sulfone groups is 1. The standard InChI is InChI=1S/C14H14FN5O7S3/c15-4-30(26,27)3-5-1-28-12-8(11(22)20(12)9(5)13(23)24)18-10(21)7(19-25)6-2-29-14(16)17-6/h2,8,12,25H,1,3-4H2,(H2,16,17)(H,18,21)(H,23,24)/b19-7-/t8?,12-/m1/s1. The van der Waals surface area contributed by atoms with E-state index in [-0.39, 0.29) is 22.2 Å². The molecule has 1 fully saturated rings. The molecule has 0 bridgehead atoms. The number of carboxylic acids is 1. The number of halogens is 1. The van der Waals surface area contributed by atoms with Crippen LogP contribution in [0.25, 0.3) is 0 Å². The van der Waals surface area contributed by atoms with Gasteiger partial charge in [0.15, 0.2) is 26.7 Å². The highest BCUT2D eigenvalue weighted by Crippen LogP contribution is 2.40. The SMILES string of the molecule is Nc1nc(/C(=N/O)C(=O)NC2C(=O)N3C(C(=O)O)=C(CS(=O)(=O)CF)CS[C@H]23)cs1. The predicted octanol–water partition coefficient (Wildman–Crippen LogP) is -1.02. The van der Waals surface area contributed by atoms with Crippen LogP contribution in [0.5, 0.6) is 0 Å². The third kappa shape index (κ3) is 3.97. The molecule has 16 heteroatoms. The number of β-lactam (4-membered cyclic amide) rings is 1. The van der Waals surface area contributed by atoms with Crippen molar-refractivity contribution in [1.82, 2.24) is 15.2 Å². The van der Waals surface area contributed by atoms with Crippen LogP contribution in [-0.4, -0.2) is 81.0 Å². The average molecular weight is 479 g/mol. The molecule has 3 heterocycles. The molecule has 0 radical (unpaired) electrons. The Morgan fingerprint density at radius 1 is 1.47 bits per heavy atom. The molecule has 1 aromatic heterocycles. The fraction of sp³-hybridized carbons (Fsp3) is 0.357. The quantitative estimate of drug-likeness (QED) is 0.163. The summed E-state index contributed by atoms with van der Waals surface area (Å²) in [6.07, 6.45) is 0. The number of oxime groups is 1. The van der Waals surface area contributed by atoms with Crippen LogP contribution in [0.2, 0.25) is 0 Å². The van der Waals surface area contributed by atoms with E-state index in [1.54, 1.807) is 0 Å². The number of hydrogen-bond donors (Lipinski definition) is 4. The van der Waals surface area contributed by atoms with Gasteiger partial charge in [0.2, 0.25) is 0 Å². The summed E-state index contributed by atoms with van der Waals surface area (Å²) >= 11 is 2.01. The van der Waals surface area contributed by atoms with E-state index in [1.165, 1.54) is 5.38 Å². The fourth-order valence-corrected chi connectivity index (χ4v) is 5.79. The Bertz CT molecular complexity index is 1080. The molecule has 2 atom stereocenters. The van der Waals surface area contributed by atoms with E-state index < -0.39 is 62.2 Å². The lowest BCUT2D eigenvalue weighted by Crippen LogP contribution is -2.71. The van der Waals surface area contributed by atoms with Gasteiger partial charge in [0, 0.05) is 11.1 Å². The summed E-state index contributed by atoms with van der Waals surface area (Å²) in [5, 5.41) is 24.5. The summed E-state index contributed by atoms with van der Waals surface area (Å²) in [6, 6.07) is -2.81. The molecular weight excluding hydrogens is 465 g/mol. The number of aromatic nitrogens is 1. The summed E-state index contributed by atoms with van der Waals surface area (Å²) in [4.78, 5) is 41.2. The van der Waals surface area contributed by atoms with Crippen molar-refractivity contribution in [3.63, 3.8) is 0 Å². The predicted molar refractivity (Wildman–Crippen MR) is 104 cm³/mol. The first-order chi connectivity index (χ1) is 14.1. The van der Waals surface area contributed by atoms with Crippen LogP contribution in [0.4, 0.5) is 9.52 Å². The van der Waals surface area contributed by atoms with E-state index in [0.29, 0.717) is 0 Å². The number of nitrogen functional groups attached to an aromatic ring is 1. The molecule has 0 aromatic carbocycles. The molecule has 12 nitrogen and oxygen atoms in total. The minimum atomic E-state index is -4.16. The highest BCUT2D eigenvalue weighted by atomic mass is 32.2. The second kappa shape index (κ2) is 8.19.